The molecule has 3 aromatic heterocycles. The van der Waals surface area contributed by atoms with Crippen LogP contribution in [0.5, 0.6) is 0 Å². The third-order valence-electron chi connectivity index (χ3n) is 3.28. The molecule has 0 fully saturated rings. The number of aromatic nitrogens is 7. The summed E-state index contributed by atoms with van der Waals surface area (Å²) in [5, 5.41) is 22.7. The van der Waals surface area contributed by atoms with E-state index in [4.69, 9.17) is 0 Å². The standard InChI is InChI=1S/C12H16N8/c1-7-10-4-9(6-14-12(10)20(3)17-7)5-13-8(2)11-15-18-19-16-11/h4,6,8,13H,5H2,1-3H3,(H,15,16,18,19). The number of aromatic amines is 1. The molecule has 0 saturated heterocycles. The van der Waals surface area contributed by atoms with Crippen LogP contribution >= 0.6 is 0 Å². The van der Waals surface area contributed by atoms with Gasteiger partial charge in [-0.1, -0.05) is 5.21 Å². The molecule has 3 heterocycles. The predicted octanol–water partition coefficient (Wildman–Crippen LogP) is 0.641. The lowest BCUT2D eigenvalue weighted by Crippen LogP contribution is -2.19. The van der Waals surface area contributed by atoms with E-state index in [-0.39, 0.29) is 6.04 Å². The van der Waals surface area contributed by atoms with Crippen molar-refractivity contribution in [3.8, 4) is 0 Å². The first-order valence-corrected chi connectivity index (χ1v) is 6.40. The minimum absolute atomic E-state index is 0.0273. The normalized spacial score (nSPS) is 12.9. The van der Waals surface area contributed by atoms with E-state index in [2.05, 4.69) is 42.1 Å². The van der Waals surface area contributed by atoms with Crippen LogP contribution in [-0.2, 0) is 13.6 Å². The average molecular weight is 272 g/mol. The number of hydrogen-bond donors (Lipinski definition) is 2. The number of pyridine rings is 1. The number of H-pyrrole nitrogens is 1. The Bertz CT molecular complexity index is 714. The van der Waals surface area contributed by atoms with Gasteiger partial charge in [0, 0.05) is 25.2 Å². The van der Waals surface area contributed by atoms with Gasteiger partial charge < -0.3 is 5.32 Å². The Morgan fingerprint density at radius 2 is 2.30 bits per heavy atom. The van der Waals surface area contributed by atoms with Gasteiger partial charge in [-0.15, -0.1) is 10.2 Å². The molecule has 0 aliphatic carbocycles. The second-order valence-corrected chi connectivity index (χ2v) is 4.80. The Balaban J connectivity index is 1.76. The van der Waals surface area contributed by atoms with E-state index in [1.165, 1.54) is 0 Å². The van der Waals surface area contributed by atoms with E-state index >= 15 is 0 Å². The van der Waals surface area contributed by atoms with Crippen molar-refractivity contribution in [3.05, 3.63) is 29.3 Å². The molecule has 0 radical (unpaired) electrons. The number of fused-ring (bicyclic) bond motifs is 1. The molecule has 3 aromatic rings. The highest BCUT2D eigenvalue weighted by molar-refractivity contribution is 5.78. The number of rotatable bonds is 4. The SMILES string of the molecule is Cc1nn(C)c2ncc(CNC(C)c3nn[nH]n3)cc12. The van der Waals surface area contributed by atoms with Crippen molar-refractivity contribution >= 4 is 11.0 Å². The molecule has 8 heteroatoms. The van der Waals surface area contributed by atoms with Crippen molar-refractivity contribution in [2.24, 2.45) is 7.05 Å². The summed E-state index contributed by atoms with van der Waals surface area (Å²) < 4.78 is 1.80. The van der Waals surface area contributed by atoms with Gasteiger partial charge in [0.15, 0.2) is 11.5 Å². The maximum atomic E-state index is 4.45. The quantitative estimate of drug-likeness (QED) is 0.723. The van der Waals surface area contributed by atoms with Gasteiger partial charge in [-0.25, -0.2) is 4.98 Å². The highest BCUT2D eigenvalue weighted by atomic mass is 15.5. The van der Waals surface area contributed by atoms with Crippen LogP contribution in [0, 0.1) is 6.92 Å². The van der Waals surface area contributed by atoms with Crippen molar-refractivity contribution in [1.82, 2.24) is 40.7 Å². The molecule has 3 rings (SSSR count). The van der Waals surface area contributed by atoms with Crippen LogP contribution in [0.4, 0.5) is 0 Å². The number of nitrogens with one attached hydrogen (secondary N) is 2. The molecule has 0 aliphatic heterocycles. The molecule has 0 aromatic carbocycles. The molecule has 1 unspecified atom stereocenters. The predicted molar refractivity (Wildman–Crippen MR) is 72.7 cm³/mol. The summed E-state index contributed by atoms with van der Waals surface area (Å²) in [6.45, 7) is 4.67. The van der Waals surface area contributed by atoms with E-state index < -0.39 is 0 Å². The van der Waals surface area contributed by atoms with Gasteiger partial charge >= 0.3 is 0 Å². The van der Waals surface area contributed by atoms with Crippen LogP contribution in [0.15, 0.2) is 12.3 Å². The lowest BCUT2D eigenvalue weighted by molar-refractivity contribution is 0.546. The van der Waals surface area contributed by atoms with Gasteiger partial charge in [-0.3, -0.25) is 4.68 Å². The number of hydrogen-bond acceptors (Lipinski definition) is 6. The van der Waals surface area contributed by atoms with E-state index in [1.54, 1.807) is 4.68 Å². The Morgan fingerprint density at radius 1 is 1.45 bits per heavy atom. The van der Waals surface area contributed by atoms with Crippen molar-refractivity contribution < 1.29 is 0 Å². The monoisotopic (exact) mass is 272 g/mol. The van der Waals surface area contributed by atoms with Crippen molar-refractivity contribution in [2.75, 3.05) is 0 Å². The Hall–Kier alpha value is -2.35. The van der Waals surface area contributed by atoms with Crippen LogP contribution in [0.3, 0.4) is 0 Å². The van der Waals surface area contributed by atoms with Gasteiger partial charge in [0.1, 0.15) is 0 Å². The Labute approximate surface area is 115 Å². The largest absolute Gasteiger partial charge is 0.303 e. The second-order valence-electron chi connectivity index (χ2n) is 4.80. The molecule has 104 valence electrons. The van der Waals surface area contributed by atoms with Crippen LogP contribution in [0.2, 0.25) is 0 Å². The molecular formula is C12H16N8. The van der Waals surface area contributed by atoms with Crippen LogP contribution in [-0.4, -0.2) is 35.4 Å². The molecule has 0 aliphatic rings. The average Bonchev–Trinajstić information content (AvgIpc) is 3.06. The summed E-state index contributed by atoms with van der Waals surface area (Å²) in [7, 11) is 1.90. The molecule has 0 amide bonds. The summed E-state index contributed by atoms with van der Waals surface area (Å²) in [4.78, 5) is 4.45. The molecule has 20 heavy (non-hydrogen) atoms. The Kier molecular flexibility index (Phi) is 3.15. The smallest absolute Gasteiger partial charge is 0.191 e. The molecule has 8 nitrogen and oxygen atoms in total. The minimum Gasteiger partial charge on any atom is -0.303 e. The van der Waals surface area contributed by atoms with Gasteiger partial charge in [-0.05, 0) is 25.5 Å². The number of aryl methyl sites for hydroxylation is 2. The fourth-order valence-electron chi connectivity index (χ4n) is 2.16. The summed E-state index contributed by atoms with van der Waals surface area (Å²) in [6.07, 6.45) is 1.86. The van der Waals surface area contributed by atoms with Crippen molar-refractivity contribution in [3.63, 3.8) is 0 Å². The maximum Gasteiger partial charge on any atom is 0.191 e. The van der Waals surface area contributed by atoms with Gasteiger partial charge in [-0.2, -0.15) is 10.3 Å². The highest BCUT2D eigenvalue weighted by Crippen LogP contribution is 2.17. The van der Waals surface area contributed by atoms with E-state index in [1.807, 2.05) is 27.1 Å². The maximum absolute atomic E-state index is 4.45. The summed E-state index contributed by atoms with van der Waals surface area (Å²) >= 11 is 0. The minimum atomic E-state index is 0.0273. The van der Waals surface area contributed by atoms with Gasteiger partial charge in [0.25, 0.3) is 0 Å². The lowest BCUT2D eigenvalue weighted by atomic mass is 10.2. The highest BCUT2D eigenvalue weighted by Gasteiger charge is 2.11. The summed E-state index contributed by atoms with van der Waals surface area (Å²) in [5.74, 6) is 0.650. The fraction of sp³-hybridized carbons (Fsp3) is 0.417. The first kappa shape index (κ1) is 12.7. The zero-order valence-electron chi connectivity index (χ0n) is 11.6. The molecular weight excluding hydrogens is 256 g/mol. The second kappa shape index (κ2) is 4.97. The van der Waals surface area contributed by atoms with E-state index in [0.29, 0.717) is 12.4 Å². The number of nitrogens with zero attached hydrogens (tertiary/aromatic N) is 6. The summed E-state index contributed by atoms with van der Waals surface area (Å²) in [6, 6.07) is 2.14. The van der Waals surface area contributed by atoms with Crippen molar-refractivity contribution in [2.45, 2.75) is 26.4 Å². The zero-order chi connectivity index (χ0) is 14.1. The molecule has 1 atom stereocenters. The van der Waals surface area contributed by atoms with E-state index in [0.717, 1.165) is 22.3 Å². The van der Waals surface area contributed by atoms with Crippen molar-refractivity contribution in [1.29, 1.82) is 0 Å². The number of tetrazole rings is 1. The topological polar surface area (TPSA) is 97.2 Å². The Morgan fingerprint density at radius 3 is 3.05 bits per heavy atom. The van der Waals surface area contributed by atoms with Gasteiger partial charge in [0.2, 0.25) is 0 Å². The lowest BCUT2D eigenvalue weighted by Gasteiger charge is -2.09. The molecule has 0 bridgehead atoms. The molecule has 0 spiro atoms. The first-order chi connectivity index (χ1) is 9.65. The molecule has 2 N–H and O–H groups in total. The van der Waals surface area contributed by atoms with Crippen LogP contribution in [0.25, 0.3) is 11.0 Å². The fourth-order valence-corrected chi connectivity index (χ4v) is 2.16. The van der Waals surface area contributed by atoms with Gasteiger partial charge in [0.05, 0.1) is 11.7 Å². The van der Waals surface area contributed by atoms with Crippen LogP contribution < -0.4 is 5.32 Å². The zero-order valence-corrected chi connectivity index (χ0v) is 11.6. The third kappa shape index (κ3) is 2.25. The summed E-state index contributed by atoms with van der Waals surface area (Å²) in [5.41, 5.74) is 2.99. The first-order valence-electron chi connectivity index (χ1n) is 6.40. The third-order valence-corrected chi connectivity index (χ3v) is 3.28. The van der Waals surface area contributed by atoms with E-state index in [9.17, 15) is 0 Å². The molecule has 0 saturated carbocycles. The van der Waals surface area contributed by atoms with Crippen LogP contribution in [0.1, 0.15) is 30.0 Å².